The fourth-order valence-electron chi connectivity index (χ4n) is 1.79. The van der Waals surface area contributed by atoms with E-state index in [0.717, 1.165) is 0 Å². The van der Waals surface area contributed by atoms with Gasteiger partial charge in [0.1, 0.15) is 25.5 Å². The van der Waals surface area contributed by atoms with E-state index in [1.165, 1.54) is 11.2 Å². The maximum atomic E-state index is 11.8. The van der Waals surface area contributed by atoms with Crippen LogP contribution in [0.1, 0.15) is 5.76 Å². The first kappa shape index (κ1) is 14.6. The molecule has 0 bridgehead atoms. The number of carbonyl (C=O) groups is 2. The first-order valence-corrected chi connectivity index (χ1v) is 6.35. The highest BCUT2D eigenvalue weighted by atomic mass is 16.5. The molecule has 6 heteroatoms. The van der Waals surface area contributed by atoms with Crippen molar-refractivity contribution in [2.24, 2.45) is 0 Å². The maximum Gasteiger partial charge on any atom is 0.325 e. The first-order valence-electron chi connectivity index (χ1n) is 6.35. The standard InChI is InChI=1S/C15H15NO5/c17-14(18)9-16(12-5-2-1-3-6-12)10-15(19)21-11-13-7-4-8-20-13/h1-8H,9-11H2,(H,17,18). The Kier molecular flexibility index (Phi) is 4.98. The molecule has 0 amide bonds. The summed E-state index contributed by atoms with van der Waals surface area (Å²) in [7, 11) is 0. The molecule has 0 radical (unpaired) electrons. The number of carbonyl (C=O) groups excluding carboxylic acids is 1. The number of hydrogen-bond acceptors (Lipinski definition) is 5. The summed E-state index contributed by atoms with van der Waals surface area (Å²) in [6.07, 6.45) is 1.49. The zero-order valence-corrected chi connectivity index (χ0v) is 11.3. The zero-order valence-electron chi connectivity index (χ0n) is 11.3. The van der Waals surface area contributed by atoms with Crippen LogP contribution in [0.2, 0.25) is 0 Å². The molecule has 0 aliphatic carbocycles. The van der Waals surface area contributed by atoms with E-state index >= 15 is 0 Å². The van der Waals surface area contributed by atoms with Crippen LogP contribution in [0.5, 0.6) is 0 Å². The molecule has 2 aromatic rings. The molecule has 1 N–H and O–H groups in total. The van der Waals surface area contributed by atoms with Crippen LogP contribution in [0.3, 0.4) is 0 Å². The summed E-state index contributed by atoms with van der Waals surface area (Å²) in [4.78, 5) is 24.1. The van der Waals surface area contributed by atoms with Crippen LogP contribution >= 0.6 is 0 Å². The van der Waals surface area contributed by atoms with Crippen LogP contribution in [0, 0.1) is 0 Å². The lowest BCUT2D eigenvalue weighted by molar-refractivity contribution is -0.143. The van der Waals surface area contributed by atoms with E-state index in [0.29, 0.717) is 11.4 Å². The van der Waals surface area contributed by atoms with E-state index in [1.807, 2.05) is 6.07 Å². The SMILES string of the molecule is O=C(O)CN(CC(=O)OCc1ccco1)c1ccccc1. The molecule has 0 saturated heterocycles. The third-order valence-corrected chi connectivity index (χ3v) is 2.72. The number of para-hydroxylation sites is 1. The van der Waals surface area contributed by atoms with E-state index in [-0.39, 0.29) is 19.7 Å². The second-order valence-corrected chi connectivity index (χ2v) is 4.33. The molecule has 0 spiro atoms. The molecule has 0 saturated carbocycles. The Labute approximate surface area is 121 Å². The van der Waals surface area contributed by atoms with Gasteiger partial charge in [-0.15, -0.1) is 0 Å². The van der Waals surface area contributed by atoms with E-state index in [2.05, 4.69) is 0 Å². The molecule has 0 aliphatic heterocycles. The molecule has 6 nitrogen and oxygen atoms in total. The number of carboxylic acids is 1. The highest BCUT2D eigenvalue weighted by Gasteiger charge is 2.16. The van der Waals surface area contributed by atoms with Gasteiger partial charge in [0.15, 0.2) is 0 Å². The normalized spacial score (nSPS) is 10.1. The molecule has 1 aromatic carbocycles. The van der Waals surface area contributed by atoms with Gasteiger partial charge in [0.25, 0.3) is 0 Å². The van der Waals surface area contributed by atoms with Gasteiger partial charge in [-0.25, -0.2) is 0 Å². The van der Waals surface area contributed by atoms with E-state index in [9.17, 15) is 9.59 Å². The summed E-state index contributed by atoms with van der Waals surface area (Å²) in [5, 5.41) is 8.93. The topological polar surface area (TPSA) is 80.0 Å². The molecule has 21 heavy (non-hydrogen) atoms. The fourth-order valence-corrected chi connectivity index (χ4v) is 1.79. The maximum absolute atomic E-state index is 11.8. The fraction of sp³-hybridized carbons (Fsp3) is 0.200. The minimum Gasteiger partial charge on any atom is -0.480 e. The average Bonchev–Trinajstić information content (AvgIpc) is 2.98. The molecule has 1 aromatic heterocycles. The van der Waals surface area contributed by atoms with Gasteiger partial charge in [-0.2, -0.15) is 0 Å². The third kappa shape index (κ3) is 4.68. The monoisotopic (exact) mass is 289 g/mol. The number of benzene rings is 1. The lowest BCUT2D eigenvalue weighted by atomic mass is 10.3. The molecule has 0 aliphatic rings. The summed E-state index contributed by atoms with van der Waals surface area (Å²) >= 11 is 0. The Morgan fingerprint density at radius 3 is 2.48 bits per heavy atom. The number of ether oxygens (including phenoxy) is 1. The average molecular weight is 289 g/mol. The number of nitrogens with zero attached hydrogens (tertiary/aromatic N) is 1. The molecule has 0 fully saturated rings. The van der Waals surface area contributed by atoms with Crippen molar-refractivity contribution in [1.82, 2.24) is 0 Å². The highest BCUT2D eigenvalue weighted by molar-refractivity contribution is 5.80. The number of esters is 1. The lowest BCUT2D eigenvalue weighted by Crippen LogP contribution is -2.35. The van der Waals surface area contributed by atoms with Gasteiger partial charge in [0, 0.05) is 5.69 Å². The van der Waals surface area contributed by atoms with E-state index < -0.39 is 11.9 Å². The quantitative estimate of drug-likeness (QED) is 0.784. The van der Waals surface area contributed by atoms with E-state index in [1.54, 1.807) is 36.4 Å². The smallest absolute Gasteiger partial charge is 0.325 e. The largest absolute Gasteiger partial charge is 0.480 e. The van der Waals surface area contributed by atoms with Gasteiger partial charge in [-0.1, -0.05) is 18.2 Å². The van der Waals surface area contributed by atoms with Crippen LogP contribution in [-0.2, 0) is 20.9 Å². The number of aliphatic carboxylic acids is 1. The minimum absolute atomic E-state index is 0.0293. The Morgan fingerprint density at radius 1 is 1.10 bits per heavy atom. The minimum atomic E-state index is -1.02. The number of hydrogen-bond donors (Lipinski definition) is 1. The van der Waals surface area contributed by atoms with Gasteiger partial charge in [-0.3, -0.25) is 9.59 Å². The summed E-state index contributed by atoms with van der Waals surface area (Å²) < 4.78 is 10.1. The summed E-state index contributed by atoms with van der Waals surface area (Å²) in [5.41, 5.74) is 0.648. The predicted octanol–water partition coefficient (Wildman–Crippen LogP) is 1.91. The Hall–Kier alpha value is -2.76. The first-order chi connectivity index (χ1) is 10.1. The van der Waals surface area contributed by atoms with Gasteiger partial charge >= 0.3 is 11.9 Å². The van der Waals surface area contributed by atoms with Crippen molar-refractivity contribution in [2.45, 2.75) is 6.61 Å². The molecule has 0 unspecified atom stereocenters. The van der Waals surface area contributed by atoms with Gasteiger partial charge < -0.3 is 19.2 Å². The molecule has 1 heterocycles. The number of rotatable bonds is 7. The van der Waals surface area contributed by atoms with Crippen molar-refractivity contribution in [3.05, 3.63) is 54.5 Å². The van der Waals surface area contributed by atoms with E-state index in [4.69, 9.17) is 14.3 Å². The molecular formula is C15H15NO5. The van der Waals surface area contributed by atoms with Crippen molar-refractivity contribution in [3.8, 4) is 0 Å². The Bertz CT molecular complexity index is 579. The number of carboxylic acid groups (broad SMARTS) is 1. The van der Waals surface area contributed by atoms with Crippen LogP contribution in [0.15, 0.2) is 53.1 Å². The van der Waals surface area contributed by atoms with Crippen molar-refractivity contribution in [2.75, 3.05) is 18.0 Å². The summed E-state index contributed by atoms with van der Waals surface area (Å²) in [5.74, 6) is -0.998. The van der Waals surface area contributed by atoms with Crippen LogP contribution in [0.25, 0.3) is 0 Å². The Morgan fingerprint density at radius 2 is 1.86 bits per heavy atom. The number of anilines is 1. The van der Waals surface area contributed by atoms with Gasteiger partial charge in [0.05, 0.1) is 6.26 Å². The summed E-state index contributed by atoms with van der Waals surface area (Å²) in [6.45, 7) is -0.390. The molecular weight excluding hydrogens is 274 g/mol. The molecule has 2 rings (SSSR count). The van der Waals surface area contributed by atoms with Crippen molar-refractivity contribution < 1.29 is 23.8 Å². The van der Waals surface area contributed by atoms with Gasteiger partial charge in [0.2, 0.25) is 0 Å². The van der Waals surface area contributed by atoms with Crippen LogP contribution < -0.4 is 4.90 Å². The second-order valence-electron chi connectivity index (χ2n) is 4.33. The van der Waals surface area contributed by atoms with Gasteiger partial charge in [-0.05, 0) is 24.3 Å². The summed E-state index contributed by atoms with van der Waals surface area (Å²) in [6, 6.07) is 12.2. The Balaban J connectivity index is 1.94. The van der Waals surface area contributed by atoms with Crippen molar-refractivity contribution in [1.29, 1.82) is 0 Å². The highest BCUT2D eigenvalue weighted by Crippen LogP contribution is 2.13. The zero-order chi connectivity index (χ0) is 15.1. The predicted molar refractivity (Wildman–Crippen MR) is 74.8 cm³/mol. The lowest BCUT2D eigenvalue weighted by Gasteiger charge is -2.21. The molecule has 0 atom stereocenters. The van der Waals surface area contributed by atoms with Crippen molar-refractivity contribution in [3.63, 3.8) is 0 Å². The van der Waals surface area contributed by atoms with Crippen LogP contribution in [0.4, 0.5) is 5.69 Å². The molecule has 110 valence electrons. The second kappa shape index (κ2) is 7.14. The third-order valence-electron chi connectivity index (χ3n) is 2.72. The van der Waals surface area contributed by atoms with Crippen molar-refractivity contribution >= 4 is 17.6 Å². The van der Waals surface area contributed by atoms with Crippen LogP contribution in [-0.4, -0.2) is 30.1 Å². The number of furan rings is 1.